The van der Waals surface area contributed by atoms with Gasteiger partial charge in [-0.25, -0.2) is 0 Å². The van der Waals surface area contributed by atoms with Crippen LogP contribution in [-0.4, -0.2) is 25.8 Å². The highest BCUT2D eigenvalue weighted by molar-refractivity contribution is 5.31. The number of nitriles is 1. The van der Waals surface area contributed by atoms with Crippen molar-refractivity contribution in [2.75, 3.05) is 19.8 Å². The predicted molar refractivity (Wildman–Crippen MR) is 62.1 cm³/mol. The molecule has 0 bridgehead atoms. The lowest BCUT2D eigenvalue weighted by Gasteiger charge is -2.23. The minimum atomic E-state index is 0.476. The second kappa shape index (κ2) is 5.64. The Balaban J connectivity index is 1.82. The van der Waals surface area contributed by atoms with Gasteiger partial charge in [-0.3, -0.25) is 0 Å². The van der Waals surface area contributed by atoms with E-state index in [0.717, 1.165) is 38.2 Å². The summed E-state index contributed by atoms with van der Waals surface area (Å²) in [6.45, 7) is 2.60. The van der Waals surface area contributed by atoms with Crippen LogP contribution in [0, 0.1) is 11.3 Å². The largest absolute Gasteiger partial charge is 0.379 e. The Bertz CT molecular complexity index is 361. The first-order valence-corrected chi connectivity index (χ1v) is 5.68. The number of rotatable bonds is 3. The Morgan fingerprint density at radius 2 is 2.19 bits per heavy atom. The SMILES string of the molecule is N#Cc1ccc(CCC2COCCN2)cc1. The lowest BCUT2D eigenvalue weighted by atomic mass is 10.0. The van der Waals surface area contributed by atoms with Crippen molar-refractivity contribution < 1.29 is 4.74 Å². The highest BCUT2D eigenvalue weighted by Crippen LogP contribution is 2.08. The molecule has 0 aromatic heterocycles. The van der Waals surface area contributed by atoms with Crippen LogP contribution in [0.4, 0.5) is 0 Å². The first kappa shape index (κ1) is 11.1. The van der Waals surface area contributed by atoms with E-state index in [1.54, 1.807) is 0 Å². The number of benzene rings is 1. The lowest BCUT2D eigenvalue weighted by Crippen LogP contribution is -2.41. The molecule has 0 radical (unpaired) electrons. The van der Waals surface area contributed by atoms with Crippen LogP contribution in [0.25, 0.3) is 0 Å². The molecule has 3 heteroatoms. The zero-order valence-electron chi connectivity index (χ0n) is 9.28. The van der Waals surface area contributed by atoms with E-state index < -0.39 is 0 Å². The van der Waals surface area contributed by atoms with Gasteiger partial charge in [-0.15, -0.1) is 0 Å². The molecule has 1 aliphatic rings. The van der Waals surface area contributed by atoms with Gasteiger partial charge in [0.15, 0.2) is 0 Å². The van der Waals surface area contributed by atoms with E-state index in [-0.39, 0.29) is 0 Å². The summed E-state index contributed by atoms with van der Waals surface area (Å²) in [5.74, 6) is 0. The summed E-state index contributed by atoms with van der Waals surface area (Å²) in [7, 11) is 0. The molecule has 84 valence electrons. The Morgan fingerprint density at radius 1 is 1.38 bits per heavy atom. The summed E-state index contributed by atoms with van der Waals surface area (Å²) in [5.41, 5.74) is 2.01. The van der Waals surface area contributed by atoms with Crippen molar-refractivity contribution in [1.29, 1.82) is 5.26 Å². The lowest BCUT2D eigenvalue weighted by molar-refractivity contribution is 0.0743. The zero-order valence-corrected chi connectivity index (χ0v) is 9.28. The topological polar surface area (TPSA) is 45.0 Å². The van der Waals surface area contributed by atoms with Crippen LogP contribution in [0.5, 0.6) is 0 Å². The van der Waals surface area contributed by atoms with Crippen LogP contribution in [0.1, 0.15) is 17.5 Å². The minimum absolute atomic E-state index is 0.476. The fourth-order valence-electron chi connectivity index (χ4n) is 1.89. The van der Waals surface area contributed by atoms with Gasteiger partial charge in [0.1, 0.15) is 0 Å². The monoisotopic (exact) mass is 216 g/mol. The molecule has 1 aromatic carbocycles. The fraction of sp³-hybridized carbons (Fsp3) is 0.462. The highest BCUT2D eigenvalue weighted by atomic mass is 16.5. The molecule has 0 saturated carbocycles. The average Bonchev–Trinajstić information content (AvgIpc) is 2.38. The molecule has 1 aliphatic heterocycles. The Hall–Kier alpha value is -1.37. The molecular formula is C13H16N2O. The van der Waals surface area contributed by atoms with Crippen molar-refractivity contribution in [3.05, 3.63) is 35.4 Å². The van der Waals surface area contributed by atoms with Crippen LogP contribution in [0.3, 0.4) is 0 Å². The quantitative estimate of drug-likeness (QED) is 0.832. The number of morpholine rings is 1. The average molecular weight is 216 g/mol. The maximum atomic E-state index is 8.69. The van der Waals surface area contributed by atoms with E-state index >= 15 is 0 Å². The van der Waals surface area contributed by atoms with Gasteiger partial charge in [0.2, 0.25) is 0 Å². The van der Waals surface area contributed by atoms with Crippen LogP contribution >= 0.6 is 0 Å². The molecule has 1 saturated heterocycles. The van der Waals surface area contributed by atoms with E-state index in [1.807, 2.05) is 24.3 Å². The van der Waals surface area contributed by atoms with Gasteiger partial charge in [0.25, 0.3) is 0 Å². The minimum Gasteiger partial charge on any atom is -0.379 e. The summed E-state index contributed by atoms with van der Waals surface area (Å²) in [6.07, 6.45) is 2.12. The molecule has 2 rings (SSSR count). The Morgan fingerprint density at radius 3 is 2.81 bits per heavy atom. The molecule has 1 N–H and O–H groups in total. The first-order valence-electron chi connectivity index (χ1n) is 5.68. The van der Waals surface area contributed by atoms with Gasteiger partial charge in [0.05, 0.1) is 24.8 Å². The summed E-state index contributed by atoms with van der Waals surface area (Å²) >= 11 is 0. The molecule has 3 nitrogen and oxygen atoms in total. The number of ether oxygens (including phenoxy) is 1. The van der Waals surface area contributed by atoms with Crippen molar-refractivity contribution in [1.82, 2.24) is 5.32 Å². The van der Waals surface area contributed by atoms with E-state index in [9.17, 15) is 0 Å². The standard InChI is InChI=1S/C13H16N2O/c14-9-12-3-1-11(2-4-12)5-6-13-10-16-8-7-15-13/h1-4,13,15H,5-8,10H2. The van der Waals surface area contributed by atoms with E-state index in [0.29, 0.717) is 6.04 Å². The normalized spacial score (nSPS) is 20.3. The van der Waals surface area contributed by atoms with Gasteiger partial charge in [0, 0.05) is 12.6 Å². The molecule has 1 fully saturated rings. The van der Waals surface area contributed by atoms with Crippen LogP contribution < -0.4 is 5.32 Å². The Labute approximate surface area is 96.0 Å². The third kappa shape index (κ3) is 3.06. The molecule has 1 unspecified atom stereocenters. The predicted octanol–water partition coefficient (Wildman–Crippen LogP) is 1.48. The number of hydrogen-bond donors (Lipinski definition) is 1. The van der Waals surface area contributed by atoms with Crippen molar-refractivity contribution in [3.63, 3.8) is 0 Å². The van der Waals surface area contributed by atoms with Crippen LogP contribution in [0.2, 0.25) is 0 Å². The molecular weight excluding hydrogens is 200 g/mol. The van der Waals surface area contributed by atoms with Crippen molar-refractivity contribution in [2.24, 2.45) is 0 Å². The van der Waals surface area contributed by atoms with Gasteiger partial charge < -0.3 is 10.1 Å². The van der Waals surface area contributed by atoms with Gasteiger partial charge >= 0.3 is 0 Å². The fourth-order valence-corrected chi connectivity index (χ4v) is 1.89. The van der Waals surface area contributed by atoms with E-state index in [2.05, 4.69) is 11.4 Å². The van der Waals surface area contributed by atoms with Crippen molar-refractivity contribution in [3.8, 4) is 6.07 Å². The second-order valence-electron chi connectivity index (χ2n) is 4.07. The van der Waals surface area contributed by atoms with Crippen LogP contribution in [-0.2, 0) is 11.2 Å². The number of nitrogens with one attached hydrogen (secondary N) is 1. The molecule has 0 aliphatic carbocycles. The first-order chi connectivity index (χ1) is 7.88. The summed E-state index contributed by atoms with van der Waals surface area (Å²) in [4.78, 5) is 0. The van der Waals surface area contributed by atoms with Gasteiger partial charge in [-0.1, -0.05) is 12.1 Å². The summed E-state index contributed by atoms with van der Waals surface area (Å²) in [5, 5.41) is 12.1. The molecule has 0 amide bonds. The summed E-state index contributed by atoms with van der Waals surface area (Å²) < 4.78 is 5.40. The summed E-state index contributed by atoms with van der Waals surface area (Å²) in [6, 6.07) is 10.4. The highest BCUT2D eigenvalue weighted by Gasteiger charge is 2.12. The molecule has 1 aromatic rings. The van der Waals surface area contributed by atoms with Crippen molar-refractivity contribution in [2.45, 2.75) is 18.9 Å². The zero-order chi connectivity index (χ0) is 11.2. The molecule has 16 heavy (non-hydrogen) atoms. The van der Waals surface area contributed by atoms with E-state index in [4.69, 9.17) is 10.00 Å². The number of nitrogens with zero attached hydrogens (tertiary/aromatic N) is 1. The van der Waals surface area contributed by atoms with Gasteiger partial charge in [-0.2, -0.15) is 5.26 Å². The smallest absolute Gasteiger partial charge is 0.0991 e. The van der Waals surface area contributed by atoms with Gasteiger partial charge in [-0.05, 0) is 30.5 Å². The second-order valence-corrected chi connectivity index (χ2v) is 4.07. The molecule has 1 atom stereocenters. The third-order valence-electron chi connectivity index (χ3n) is 2.86. The van der Waals surface area contributed by atoms with Crippen LogP contribution in [0.15, 0.2) is 24.3 Å². The van der Waals surface area contributed by atoms with Crippen molar-refractivity contribution >= 4 is 0 Å². The maximum absolute atomic E-state index is 8.69. The number of hydrogen-bond acceptors (Lipinski definition) is 3. The third-order valence-corrected chi connectivity index (χ3v) is 2.86. The Kier molecular flexibility index (Phi) is 3.92. The number of aryl methyl sites for hydroxylation is 1. The molecule has 1 heterocycles. The maximum Gasteiger partial charge on any atom is 0.0991 e. The molecule has 0 spiro atoms. The van der Waals surface area contributed by atoms with E-state index in [1.165, 1.54) is 5.56 Å².